The Morgan fingerprint density at radius 3 is 2.75 bits per heavy atom. The van der Waals surface area contributed by atoms with Crippen molar-refractivity contribution in [2.24, 2.45) is 0 Å². The van der Waals surface area contributed by atoms with Gasteiger partial charge in [0.2, 0.25) is 5.91 Å². The highest BCUT2D eigenvalue weighted by atomic mass is 35.5. The molecule has 1 aliphatic heterocycles. The van der Waals surface area contributed by atoms with Crippen molar-refractivity contribution < 1.29 is 9.59 Å². The van der Waals surface area contributed by atoms with Gasteiger partial charge in [0.05, 0.1) is 0 Å². The summed E-state index contributed by atoms with van der Waals surface area (Å²) in [5.41, 5.74) is 1.20. The first kappa shape index (κ1) is 14.8. The Kier molecular flexibility index (Phi) is 4.28. The van der Waals surface area contributed by atoms with Gasteiger partial charge in [0.1, 0.15) is 11.2 Å². The average Bonchev–Trinajstić information content (AvgIpc) is 2.70. The quantitative estimate of drug-likeness (QED) is 0.865. The summed E-state index contributed by atoms with van der Waals surface area (Å²) in [7, 11) is 1.73. The smallest absolute Gasteiger partial charge is 0.252 e. The molecular formula is C14H18ClN3O2. The number of hydrogen-bond donors (Lipinski definition) is 1. The number of carbonyl (C=O) groups excluding carboxylic acids is 2. The maximum atomic E-state index is 12.2. The van der Waals surface area contributed by atoms with Gasteiger partial charge < -0.3 is 10.2 Å². The fourth-order valence-electron chi connectivity index (χ4n) is 2.14. The first-order chi connectivity index (χ1) is 9.38. The molecular weight excluding hydrogens is 278 g/mol. The number of halogens is 1. The first-order valence-corrected chi connectivity index (χ1v) is 6.99. The highest BCUT2D eigenvalue weighted by Gasteiger charge is 2.30. The predicted molar refractivity (Wildman–Crippen MR) is 76.8 cm³/mol. The maximum Gasteiger partial charge on any atom is 0.252 e. The number of nitrogens with one attached hydrogen (secondary N) is 1. The number of hydrogen-bond acceptors (Lipinski definition) is 3. The molecule has 5 nitrogen and oxygen atoms in total. The predicted octanol–water partition coefficient (Wildman–Crippen LogP) is 1.82. The SMILES string of the molecule is CC(C)c1cc(C(=O)NC2CCN(C)C2=O)cc(Cl)n1. The van der Waals surface area contributed by atoms with Gasteiger partial charge in [-0.3, -0.25) is 9.59 Å². The summed E-state index contributed by atoms with van der Waals surface area (Å²) < 4.78 is 0. The lowest BCUT2D eigenvalue weighted by molar-refractivity contribution is -0.128. The summed E-state index contributed by atoms with van der Waals surface area (Å²) in [6.07, 6.45) is 0.636. The van der Waals surface area contributed by atoms with E-state index in [2.05, 4.69) is 10.3 Å². The van der Waals surface area contributed by atoms with E-state index in [9.17, 15) is 9.59 Å². The molecule has 1 atom stereocenters. The summed E-state index contributed by atoms with van der Waals surface area (Å²) in [5.74, 6) is -0.160. The molecule has 1 N–H and O–H groups in total. The lowest BCUT2D eigenvalue weighted by Gasteiger charge is -2.13. The van der Waals surface area contributed by atoms with Crippen molar-refractivity contribution in [2.75, 3.05) is 13.6 Å². The molecule has 6 heteroatoms. The molecule has 1 aromatic rings. The van der Waals surface area contributed by atoms with Gasteiger partial charge in [-0.25, -0.2) is 4.98 Å². The van der Waals surface area contributed by atoms with E-state index in [1.807, 2.05) is 13.8 Å². The van der Waals surface area contributed by atoms with E-state index in [4.69, 9.17) is 11.6 Å². The van der Waals surface area contributed by atoms with Crippen LogP contribution in [0.3, 0.4) is 0 Å². The molecule has 1 saturated heterocycles. The Hall–Kier alpha value is -1.62. The maximum absolute atomic E-state index is 12.2. The third kappa shape index (κ3) is 3.10. The zero-order chi connectivity index (χ0) is 14.9. The molecule has 0 radical (unpaired) electrons. The Balaban J connectivity index is 2.15. The zero-order valence-corrected chi connectivity index (χ0v) is 12.6. The van der Waals surface area contributed by atoms with Gasteiger partial charge in [0.25, 0.3) is 5.91 Å². The number of pyridine rings is 1. The van der Waals surface area contributed by atoms with E-state index in [-0.39, 0.29) is 22.9 Å². The van der Waals surface area contributed by atoms with Gasteiger partial charge in [-0.05, 0) is 24.5 Å². The highest BCUT2D eigenvalue weighted by Crippen LogP contribution is 2.18. The van der Waals surface area contributed by atoms with Crippen molar-refractivity contribution in [3.05, 3.63) is 28.5 Å². The van der Waals surface area contributed by atoms with E-state index in [0.717, 1.165) is 5.69 Å². The first-order valence-electron chi connectivity index (χ1n) is 6.62. The molecule has 2 heterocycles. The molecule has 1 unspecified atom stereocenters. The van der Waals surface area contributed by atoms with Crippen molar-refractivity contribution in [3.8, 4) is 0 Å². The van der Waals surface area contributed by atoms with Gasteiger partial charge in [0, 0.05) is 24.8 Å². The largest absolute Gasteiger partial charge is 0.344 e. The van der Waals surface area contributed by atoms with Gasteiger partial charge in [-0.15, -0.1) is 0 Å². The van der Waals surface area contributed by atoms with Crippen LogP contribution in [0.2, 0.25) is 5.15 Å². The molecule has 1 aromatic heterocycles. The number of aromatic nitrogens is 1. The Morgan fingerprint density at radius 1 is 1.50 bits per heavy atom. The second-order valence-corrected chi connectivity index (χ2v) is 5.72. The molecule has 1 aliphatic rings. The number of nitrogens with zero attached hydrogens (tertiary/aromatic N) is 2. The number of likely N-dealkylation sites (tertiary alicyclic amines) is 1. The van der Waals surface area contributed by atoms with Crippen molar-refractivity contribution in [1.29, 1.82) is 0 Å². The zero-order valence-electron chi connectivity index (χ0n) is 11.8. The fourth-order valence-corrected chi connectivity index (χ4v) is 2.36. The Labute approximate surface area is 123 Å². The molecule has 0 bridgehead atoms. The van der Waals surface area contributed by atoms with Crippen LogP contribution in [-0.4, -0.2) is 41.3 Å². The third-order valence-electron chi connectivity index (χ3n) is 3.40. The van der Waals surface area contributed by atoms with Gasteiger partial charge in [-0.1, -0.05) is 25.4 Å². The van der Waals surface area contributed by atoms with Gasteiger partial charge >= 0.3 is 0 Å². The Bertz CT molecular complexity index is 545. The van der Waals surface area contributed by atoms with Crippen LogP contribution in [0.5, 0.6) is 0 Å². The highest BCUT2D eigenvalue weighted by molar-refractivity contribution is 6.29. The summed E-state index contributed by atoms with van der Waals surface area (Å²) in [5, 5.41) is 3.04. The third-order valence-corrected chi connectivity index (χ3v) is 3.59. The Morgan fingerprint density at radius 2 is 2.20 bits per heavy atom. The lowest BCUT2D eigenvalue weighted by Crippen LogP contribution is -2.40. The van der Waals surface area contributed by atoms with Crippen molar-refractivity contribution in [3.63, 3.8) is 0 Å². The van der Waals surface area contributed by atoms with Crippen molar-refractivity contribution >= 4 is 23.4 Å². The van der Waals surface area contributed by atoms with Crippen molar-refractivity contribution in [2.45, 2.75) is 32.2 Å². The number of likely N-dealkylation sites (N-methyl/N-ethyl adjacent to an activating group) is 1. The van der Waals surface area contributed by atoms with E-state index >= 15 is 0 Å². The van der Waals surface area contributed by atoms with Crippen LogP contribution in [0.1, 0.15) is 42.2 Å². The molecule has 1 fully saturated rings. The number of carbonyl (C=O) groups is 2. The molecule has 0 saturated carbocycles. The van der Waals surface area contributed by atoms with Crippen LogP contribution in [0.15, 0.2) is 12.1 Å². The molecule has 20 heavy (non-hydrogen) atoms. The normalized spacial score (nSPS) is 18.8. The number of rotatable bonds is 3. The van der Waals surface area contributed by atoms with Crippen LogP contribution < -0.4 is 5.32 Å². The molecule has 108 valence electrons. The molecule has 0 aromatic carbocycles. The molecule has 0 aliphatic carbocycles. The molecule has 0 spiro atoms. The molecule has 2 amide bonds. The lowest BCUT2D eigenvalue weighted by atomic mass is 10.1. The van der Waals surface area contributed by atoms with Gasteiger partial charge in [0.15, 0.2) is 0 Å². The summed E-state index contributed by atoms with van der Waals surface area (Å²) in [4.78, 5) is 29.8. The summed E-state index contributed by atoms with van der Waals surface area (Å²) >= 11 is 5.94. The van der Waals surface area contributed by atoms with E-state index in [1.54, 1.807) is 18.0 Å². The molecule has 2 rings (SSSR count). The van der Waals surface area contributed by atoms with Crippen LogP contribution >= 0.6 is 11.6 Å². The monoisotopic (exact) mass is 295 g/mol. The minimum absolute atomic E-state index is 0.0532. The second-order valence-electron chi connectivity index (χ2n) is 5.33. The summed E-state index contributed by atoms with van der Waals surface area (Å²) in [6, 6.07) is 2.79. The van der Waals surface area contributed by atoms with Crippen molar-refractivity contribution in [1.82, 2.24) is 15.2 Å². The fraction of sp³-hybridized carbons (Fsp3) is 0.500. The average molecular weight is 296 g/mol. The topological polar surface area (TPSA) is 62.3 Å². The van der Waals surface area contributed by atoms with Crippen LogP contribution in [0.4, 0.5) is 0 Å². The van der Waals surface area contributed by atoms with E-state index < -0.39 is 6.04 Å². The standard InChI is InChI=1S/C14H18ClN3O2/c1-8(2)11-6-9(7-12(15)16-11)13(19)17-10-4-5-18(3)14(10)20/h6-8,10H,4-5H2,1-3H3,(H,17,19). The van der Waals surface area contributed by atoms with E-state index in [0.29, 0.717) is 18.5 Å². The van der Waals surface area contributed by atoms with Crippen LogP contribution in [-0.2, 0) is 4.79 Å². The minimum atomic E-state index is -0.443. The minimum Gasteiger partial charge on any atom is -0.344 e. The van der Waals surface area contributed by atoms with Crippen LogP contribution in [0, 0.1) is 0 Å². The number of amides is 2. The summed E-state index contributed by atoms with van der Waals surface area (Å²) in [6.45, 7) is 4.63. The second kappa shape index (κ2) is 5.79. The van der Waals surface area contributed by atoms with Gasteiger partial charge in [-0.2, -0.15) is 0 Å². The van der Waals surface area contributed by atoms with Crippen LogP contribution in [0.25, 0.3) is 0 Å². The van der Waals surface area contributed by atoms with E-state index in [1.165, 1.54) is 6.07 Å².